The molecule has 0 amide bonds. The van der Waals surface area contributed by atoms with Gasteiger partial charge >= 0.3 is 0 Å². The first-order valence-corrected chi connectivity index (χ1v) is 9.44. The molecule has 0 bridgehead atoms. The van der Waals surface area contributed by atoms with E-state index in [0.29, 0.717) is 21.6 Å². The molecule has 0 atom stereocenters. The van der Waals surface area contributed by atoms with Crippen LogP contribution in [0.25, 0.3) is 22.8 Å². The van der Waals surface area contributed by atoms with Gasteiger partial charge in [0.25, 0.3) is 0 Å². The van der Waals surface area contributed by atoms with Gasteiger partial charge in [-0.15, -0.1) is 11.3 Å². The maximum atomic E-state index is 6.24. The number of benzene rings is 1. The minimum atomic E-state index is 0.585. The normalized spacial score (nSPS) is 10.9. The molecule has 4 rings (SSSR count). The molecular weight excluding hydrogens is 389 g/mol. The molecule has 0 fully saturated rings. The molecule has 0 unspecified atom stereocenters. The van der Waals surface area contributed by atoms with E-state index in [0.717, 1.165) is 27.9 Å². The first kappa shape index (κ1) is 17.1. The maximum absolute atomic E-state index is 6.24. The Balaban J connectivity index is 1.59. The lowest BCUT2D eigenvalue weighted by atomic mass is 10.2. The van der Waals surface area contributed by atoms with Crippen molar-refractivity contribution in [2.75, 3.05) is 5.32 Å². The van der Waals surface area contributed by atoms with Crippen molar-refractivity contribution in [2.24, 2.45) is 0 Å². The molecule has 0 saturated heterocycles. The Kier molecular flexibility index (Phi) is 4.68. The number of rotatable bonds is 4. The minimum absolute atomic E-state index is 0.585. The maximum Gasteiger partial charge on any atom is 0.188 e. The van der Waals surface area contributed by atoms with Crippen molar-refractivity contribution >= 4 is 45.5 Å². The van der Waals surface area contributed by atoms with Gasteiger partial charge < -0.3 is 9.73 Å². The zero-order valence-corrected chi connectivity index (χ0v) is 16.0. The second-order valence-electron chi connectivity index (χ2n) is 5.62. The van der Waals surface area contributed by atoms with Crippen LogP contribution in [0.5, 0.6) is 0 Å². The van der Waals surface area contributed by atoms with E-state index in [1.807, 2.05) is 42.6 Å². The molecule has 3 aromatic heterocycles. The molecule has 0 aliphatic rings. The summed E-state index contributed by atoms with van der Waals surface area (Å²) in [5, 5.41) is 7.07. The van der Waals surface area contributed by atoms with E-state index in [-0.39, 0.29) is 0 Å². The number of furan rings is 1. The number of pyridine rings is 1. The average Bonchev–Trinajstić information content (AvgIpc) is 3.26. The highest BCUT2D eigenvalue weighted by molar-refractivity contribution is 7.14. The van der Waals surface area contributed by atoms with Gasteiger partial charge in [-0.05, 0) is 49.4 Å². The first-order chi connectivity index (χ1) is 12.6. The molecule has 4 nitrogen and oxygen atoms in total. The van der Waals surface area contributed by atoms with E-state index >= 15 is 0 Å². The van der Waals surface area contributed by atoms with Crippen LogP contribution >= 0.6 is 34.5 Å². The zero-order chi connectivity index (χ0) is 18.1. The van der Waals surface area contributed by atoms with Gasteiger partial charge in [0.05, 0.1) is 5.02 Å². The van der Waals surface area contributed by atoms with Crippen LogP contribution in [-0.2, 0) is 0 Å². The summed E-state index contributed by atoms with van der Waals surface area (Å²) in [7, 11) is 0. The molecule has 4 aromatic rings. The summed E-state index contributed by atoms with van der Waals surface area (Å²) in [6, 6.07) is 14.8. The molecule has 3 heterocycles. The van der Waals surface area contributed by atoms with Crippen molar-refractivity contribution in [3.8, 4) is 22.8 Å². The van der Waals surface area contributed by atoms with Crippen LogP contribution in [0.2, 0.25) is 10.0 Å². The van der Waals surface area contributed by atoms with Gasteiger partial charge in [-0.25, -0.2) is 9.97 Å². The highest BCUT2D eigenvalue weighted by atomic mass is 35.5. The van der Waals surface area contributed by atoms with Crippen molar-refractivity contribution in [1.29, 1.82) is 0 Å². The van der Waals surface area contributed by atoms with Gasteiger partial charge in [0, 0.05) is 21.7 Å². The number of hydrogen-bond donors (Lipinski definition) is 1. The number of nitrogens with zero attached hydrogens (tertiary/aromatic N) is 2. The fourth-order valence-corrected chi connectivity index (χ4v) is 3.56. The Hall–Kier alpha value is -2.34. The molecular formula is C19H13Cl2N3OS. The summed E-state index contributed by atoms with van der Waals surface area (Å²) < 4.78 is 5.93. The van der Waals surface area contributed by atoms with Gasteiger partial charge in [0.2, 0.25) is 0 Å². The highest BCUT2D eigenvalue weighted by Crippen LogP contribution is 2.35. The van der Waals surface area contributed by atoms with Crippen molar-refractivity contribution in [1.82, 2.24) is 9.97 Å². The molecule has 0 radical (unpaired) electrons. The zero-order valence-electron chi connectivity index (χ0n) is 13.7. The van der Waals surface area contributed by atoms with Crippen molar-refractivity contribution < 1.29 is 4.42 Å². The molecule has 130 valence electrons. The number of nitrogens with one attached hydrogen (secondary N) is 1. The SMILES string of the molecule is Cc1cccc(Nc2nc(-c3ccc(-c4cc(Cl)ccc4Cl)o3)cs2)n1. The molecule has 0 saturated carbocycles. The average molecular weight is 402 g/mol. The Morgan fingerprint density at radius 3 is 2.69 bits per heavy atom. The number of hydrogen-bond acceptors (Lipinski definition) is 5. The Morgan fingerprint density at radius 2 is 1.85 bits per heavy atom. The van der Waals surface area contributed by atoms with Crippen LogP contribution in [0, 0.1) is 6.92 Å². The number of aromatic nitrogens is 2. The predicted octanol–water partition coefficient (Wildman–Crippen LogP) is 6.82. The van der Waals surface area contributed by atoms with Crippen molar-refractivity contribution in [2.45, 2.75) is 6.92 Å². The fourth-order valence-electron chi connectivity index (χ4n) is 2.47. The number of anilines is 2. The molecule has 0 aliphatic carbocycles. The van der Waals surface area contributed by atoms with Crippen LogP contribution in [0.3, 0.4) is 0 Å². The van der Waals surface area contributed by atoms with Gasteiger partial charge in [-0.3, -0.25) is 0 Å². The van der Waals surface area contributed by atoms with Gasteiger partial charge in [-0.1, -0.05) is 29.3 Å². The van der Waals surface area contributed by atoms with Crippen molar-refractivity contribution in [3.63, 3.8) is 0 Å². The smallest absolute Gasteiger partial charge is 0.188 e. The molecule has 7 heteroatoms. The summed E-state index contributed by atoms with van der Waals surface area (Å²) in [6.07, 6.45) is 0. The standard InChI is InChI=1S/C19H13Cl2N3OS/c1-11-3-2-4-18(22-11)24-19-23-15(10-26-19)17-8-7-16(25-17)13-9-12(20)5-6-14(13)21/h2-10H,1H3,(H,22,23,24). The Bertz CT molecular complexity index is 1070. The lowest BCUT2D eigenvalue weighted by Crippen LogP contribution is -1.93. The third-order valence-electron chi connectivity index (χ3n) is 3.68. The van der Waals surface area contributed by atoms with Crippen LogP contribution < -0.4 is 5.32 Å². The van der Waals surface area contributed by atoms with E-state index in [9.17, 15) is 0 Å². The second-order valence-corrected chi connectivity index (χ2v) is 7.32. The lowest BCUT2D eigenvalue weighted by Gasteiger charge is -2.02. The summed E-state index contributed by atoms with van der Waals surface area (Å²) >= 11 is 13.8. The van der Waals surface area contributed by atoms with E-state index in [1.165, 1.54) is 11.3 Å². The van der Waals surface area contributed by atoms with Crippen LogP contribution in [-0.4, -0.2) is 9.97 Å². The van der Waals surface area contributed by atoms with E-state index in [4.69, 9.17) is 27.6 Å². The Morgan fingerprint density at radius 1 is 1.00 bits per heavy atom. The topological polar surface area (TPSA) is 51.0 Å². The van der Waals surface area contributed by atoms with Crippen LogP contribution in [0.4, 0.5) is 10.9 Å². The minimum Gasteiger partial charge on any atom is -0.454 e. The quantitative estimate of drug-likeness (QED) is 0.407. The van der Waals surface area contributed by atoms with E-state index < -0.39 is 0 Å². The largest absolute Gasteiger partial charge is 0.454 e. The fraction of sp³-hybridized carbons (Fsp3) is 0.0526. The second kappa shape index (κ2) is 7.11. The van der Waals surface area contributed by atoms with E-state index in [1.54, 1.807) is 18.2 Å². The number of aryl methyl sites for hydroxylation is 1. The summed E-state index contributed by atoms with van der Waals surface area (Å²) in [4.78, 5) is 8.98. The van der Waals surface area contributed by atoms with Gasteiger partial charge in [0.1, 0.15) is 17.3 Å². The highest BCUT2D eigenvalue weighted by Gasteiger charge is 2.13. The lowest BCUT2D eigenvalue weighted by molar-refractivity contribution is 0.595. The van der Waals surface area contributed by atoms with E-state index in [2.05, 4.69) is 15.3 Å². The predicted molar refractivity (Wildman–Crippen MR) is 108 cm³/mol. The summed E-state index contributed by atoms with van der Waals surface area (Å²) in [5.74, 6) is 2.07. The number of halogens is 2. The monoisotopic (exact) mass is 401 g/mol. The Labute approximate surface area is 164 Å². The molecule has 0 spiro atoms. The summed E-state index contributed by atoms with van der Waals surface area (Å²) in [5.41, 5.74) is 2.44. The molecule has 0 aliphatic heterocycles. The number of thiazole rings is 1. The first-order valence-electron chi connectivity index (χ1n) is 7.80. The molecule has 26 heavy (non-hydrogen) atoms. The molecule has 1 aromatic carbocycles. The molecule has 1 N–H and O–H groups in total. The van der Waals surface area contributed by atoms with Crippen LogP contribution in [0.1, 0.15) is 5.69 Å². The van der Waals surface area contributed by atoms with Crippen molar-refractivity contribution in [3.05, 3.63) is 69.7 Å². The summed E-state index contributed by atoms with van der Waals surface area (Å²) in [6.45, 7) is 1.95. The van der Waals surface area contributed by atoms with Gasteiger partial charge in [0.15, 0.2) is 10.9 Å². The third kappa shape index (κ3) is 3.60. The van der Waals surface area contributed by atoms with Crippen LogP contribution in [0.15, 0.2) is 58.3 Å². The third-order valence-corrected chi connectivity index (χ3v) is 5.00. The van der Waals surface area contributed by atoms with Gasteiger partial charge in [-0.2, -0.15) is 0 Å².